The topological polar surface area (TPSA) is 147 Å². The van der Waals surface area contributed by atoms with E-state index < -0.39 is 11.6 Å². The number of rotatable bonds is 8. The van der Waals surface area contributed by atoms with Crippen LogP contribution < -0.4 is 20.3 Å². The van der Waals surface area contributed by atoms with Gasteiger partial charge in [-0.15, -0.1) is 0 Å². The van der Waals surface area contributed by atoms with Crippen molar-refractivity contribution >= 4 is 40.7 Å². The fraction of sp³-hybridized carbons (Fsp3) is 0.333. The summed E-state index contributed by atoms with van der Waals surface area (Å²) in [6, 6.07) is 11.3. The van der Waals surface area contributed by atoms with Gasteiger partial charge >= 0.3 is 6.09 Å². The van der Waals surface area contributed by atoms with Crippen molar-refractivity contribution in [3.8, 4) is 5.75 Å². The molecule has 2 amide bonds. The highest BCUT2D eigenvalue weighted by atomic mass is 32.2. The Balaban J connectivity index is 1.50. The molecule has 3 N–H and O–H groups in total. The number of nitrogens with one attached hydrogen (secondary N) is 2. The van der Waals surface area contributed by atoms with Crippen LogP contribution in [0.3, 0.4) is 0 Å². The van der Waals surface area contributed by atoms with Crippen LogP contribution in [0.1, 0.15) is 35.8 Å². The summed E-state index contributed by atoms with van der Waals surface area (Å²) in [5.74, 6) is 1.18. The highest BCUT2D eigenvalue weighted by molar-refractivity contribution is 7.99. The molecular formula is C27H30N8O4S. The molecule has 208 valence electrons. The highest BCUT2D eigenvalue weighted by Crippen LogP contribution is 2.34. The number of methoxy groups -OCH3 is 1. The lowest BCUT2D eigenvalue weighted by Crippen LogP contribution is -2.53. The minimum Gasteiger partial charge on any atom is -0.497 e. The number of aromatic nitrogens is 5. The second-order valence-electron chi connectivity index (χ2n) is 9.72. The van der Waals surface area contributed by atoms with Crippen LogP contribution in [0.25, 0.3) is 11.2 Å². The van der Waals surface area contributed by atoms with Crippen LogP contribution in [0, 0.1) is 0 Å². The lowest BCUT2D eigenvalue weighted by molar-refractivity contribution is 0.0955. The van der Waals surface area contributed by atoms with Gasteiger partial charge in [0.1, 0.15) is 22.8 Å². The first-order valence-corrected chi connectivity index (χ1v) is 13.6. The zero-order valence-corrected chi connectivity index (χ0v) is 23.2. The van der Waals surface area contributed by atoms with E-state index in [4.69, 9.17) is 19.8 Å². The Morgan fingerprint density at radius 1 is 1.15 bits per heavy atom. The first-order chi connectivity index (χ1) is 19.3. The van der Waals surface area contributed by atoms with Crippen LogP contribution in [-0.4, -0.2) is 74.6 Å². The monoisotopic (exact) mass is 562 g/mol. The summed E-state index contributed by atoms with van der Waals surface area (Å²) >= 11 is 1.32. The maximum Gasteiger partial charge on any atom is 0.405 e. The Morgan fingerprint density at radius 3 is 2.58 bits per heavy atom. The molecule has 40 heavy (non-hydrogen) atoms. The molecule has 1 saturated heterocycles. The normalized spacial score (nSPS) is 14.6. The molecule has 1 aliphatic heterocycles. The molecule has 3 aromatic heterocycles. The SMILES string of the molecule is CNC(=O)c1ncccc1Sc1nn(Cc2ccc(OC)cc2)c2nc(N3CCC(C)(NC(=O)O)CC3)cnc12. The summed E-state index contributed by atoms with van der Waals surface area (Å²) in [5.41, 5.74) is 2.06. The Bertz CT molecular complexity index is 1530. The summed E-state index contributed by atoms with van der Waals surface area (Å²) in [7, 11) is 3.20. The van der Waals surface area contributed by atoms with Crippen LogP contribution in [0.4, 0.5) is 10.6 Å². The van der Waals surface area contributed by atoms with Gasteiger partial charge in [0, 0.05) is 36.8 Å². The van der Waals surface area contributed by atoms with Crippen molar-refractivity contribution in [1.82, 2.24) is 35.4 Å². The minimum absolute atomic E-state index is 0.284. The number of ether oxygens (including phenoxy) is 1. The van der Waals surface area contributed by atoms with E-state index in [1.807, 2.05) is 41.9 Å². The molecule has 0 unspecified atom stereocenters. The van der Waals surface area contributed by atoms with Gasteiger partial charge in [0.15, 0.2) is 10.7 Å². The van der Waals surface area contributed by atoms with E-state index >= 15 is 0 Å². The number of hydrogen-bond donors (Lipinski definition) is 3. The zero-order chi connectivity index (χ0) is 28.3. The molecule has 0 bridgehead atoms. The van der Waals surface area contributed by atoms with Crippen molar-refractivity contribution < 1.29 is 19.4 Å². The molecule has 1 aromatic carbocycles. The third-order valence-electron chi connectivity index (χ3n) is 6.91. The number of benzene rings is 1. The Morgan fingerprint density at radius 2 is 1.90 bits per heavy atom. The Kier molecular flexibility index (Phi) is 7.74. The second-order valence-corrected chi connectivity index (χ2v) is 10.8. The van der Waals surface area contributed by atoms with Gasteiger partial charge in [0.25, 0.3) is 5.91 Å². The van der Waals surface area contributed by atoms with Gasteiger partial charge in [-0.3, -0.25) is 4.79 Å². The molecule has 0 spiro atoms. The lowest BCUT2D eigenvalue weighted by atomic mass is 9.90. The van der Waals surface area contributed by atoms with Gasteiger partial charge in [-0.05, 0) is 49.6 Å². The molecule has 1 fully saturated rings. The number of amides is 2. The van der Waals surface area contributed by atoms with Crippen LogP contribution in [0.15, 0.2) is 58.7 Å². The second kappa shape index (κ2) is 11.4. The van der Waals surface area contributed by atoms with E-state index in [2.05, 4.69) is 20.5 Å². The van der Waals surface area contributed by atoms with Crippen molar-refractivity contribution in [1.29, 1.82) is 0 Å². The van der Waals surface area contributed by atoms with Gasteiger partial charge < -0.3 is 25.4 Å². The average molecular weight is 563 g/mol. The molecule has 0 atom stereocenters. The van der Waals surface area contributed by atoms with Crippen molar-refractivity contribution in [2.45, 2.75) is 41.8 Å². The summed E-state index contributed by atoms with van der Waals surface area (Å²) in [4.78, 5) is 40.4. The number of piperidine rings is 1. The molecule has 4 aromatic rings. The number of pyridine rings is 1. The van der Waals surface area contributed by atoms with E-state index in [0.29, 0.717) is 65.1 Å². The number of carbonyl (C=O) groups excluding carboxylic acids is 1. The van der Waals surface area contributed by atoms with E-state index in [1.54, 1.807) is 32.6 Å². The molecule has 0 saturated carbocycles. The van der Waals surface area contributed by atoms with Crippen molar-refractivity contribution in [3.63, 3.8) is 0 Å². The Hall–Kier alpha value is -4.39. The lowest BCUT2D eigenvalue weighted by Gasteiger charge is -2.39. The number of fused-ring (bicyclic) bond motifs is 1. The maximum atomic E-state index is 12.4. The van der Waals surface area contributed by atoms with Gasteiger partial charge in [0.05, 0.1) is 19.9 Å². The van der Waals surface area contributed by atoms with E-state index in [9.17, 15) is 14.7 Å². The summed E-state index contributed by atoms with van der Waals surface area (Å²) in [5, 5.41) is 19.9. The molecule has 13 heteroatoms. The third kappa shape index (κ3) is 5.78. The van der Waals surface area contributed by atoms with Gasteiger partial charge in [-0.1, -0.05) is 23.9 Å². The van der Waals surface area contributed by atoms with Crippen LogP contribution >= 0.6 is 11.8 Å². The van der Waals surface area contributed by atoms with Gasteiger partial charge in [-0.25, -0.2) is 24.4 Å². The van der Waals surface area contributed by atoms with Gasteiger partial charge in [0.2, 0.25) is 0 Å². The molecular weight excluding hydrogens is 532 g/mol. The van der Waals surface area contributed by atoms with Crippen molar-refractivity contribution in [2.24, 2.45) is 0 Å². The van der Waals surface area contributed by atoms with Crippen molar-refractivity contribution in [3.05, 3.63) is 60.0 Å². The first kappa shape index (κ1) is 27.2. The minimum atomic E-state index is -1.02. The molecule has 12 nitrogen and oxygen atoms in total. The number of anilines is 1. The standard InChI is InChI=1S/C27H30N8O4S/c1-27(32-26(37)38)10-13-34(14-11-27)20-15-30-22-23(31-20)35(16-17-6-8-18(39-3)9-7-17)33-25(22)40-19-5-4-12-29-21(19)24(36)28-2/h4-9,12,15,32H,10-11,13-14,16H2,1-3H3,(H,28,36)(H,37,38). The smallest absolute Gasteiger partial charge is 0.405 e. The average Bonchev–Trinajstić information content (AvgIpc) is 3.29. The summed E-state index contributed by atoms with van der Waals surface area (Å²) < 4.78 is 7.10. The first-order valence-electron chi connectivity index (χ1n) is 12.8. The predicted molar refractivity (Wildman–Crippen MR) is 150 cm³/mol. The van der Waals surface area contributed by atoms with Crippen LogP contribution in [0.5, 0.6) is 5.75 Å². The zero-order valence-electron chi connectivity index (χ0n) is 22.4. The molecule has 0 aliphatic carbocycles. The molecule has 4 heterocycles. The van der Waals surface area contributed by atoms with Crippen molar-refractivity contribution in [2.75, 3.05) is 32.1 Å². The number of carbonyl (C=O) groups is 2. The quantitative estimate of drug-likeness (QED) is 0.292. The van der Waals surface area contributed by atoms with Gasteiger partial charge in [-0.2, -0.15) is 5.10 Å². The maximum absolute atomic E-state index is 12.4. The molecule has 1 aliphatic rings. The van der Waals surface area contributed by atoms with E-state index in [1.165, 1.54) is 11.8 Å². The van der Waals surface area contributed by atoms with E-state index in [-0.39, 0.29) is 5.91 Å². The fourth-order valence-corrected chi connectivity index (χ4v) is 5.60. The van der Waals surface area contributed by atoms with Crippen LogP contribution in [-0.2, 0) is 6.54 Å². The summed E-state index contributed by atoms with van der Waals surface area (Å²) in [6.45, 7) is 3.65. The largest absolute Gasteiger partial charge is 0.497 e. The number of nitrogens with zero attached hydrogens (tertiary/aromatic N) is 6. The summed E-state index contributed by atoms with van der Waals surface area (Å²) in [6.07, 6.45) is 3.58. The number of hydrogen-bond acceptors (Lipinski definition) is 9. The molecule has 0 radical (unpaired) electrons. The van der Waals surface area contributed by atoms with E-state index in [0.717, 1.165) is 11.3 Å². The third-order valence-corrected chi connectivity index (χ3v) is 7.93. The van der Waals surface area contributed by atoms with Crippen LogP contribution in [0.2, 0.25) is 0 Å². The highest BCUT2D eigenvalue weighted by Gasteiger charge is 2.32. The predicted octanol–water partition coefficient (Wildman–Crippen LogP) is 3.42. The Labute approximate surface area is 235 Å². The fourth-order valence-electron chi connectivity index (χ4n) is 4.62. The number of carboxylic acid groups (broad SMARTS) is 1. The molecule has 5 rings (SSSR count).